The lowest BCUT2D eigenvalue weighted by molar-refractivity contribution is 0.564. The Kier molecular flexibility index (Phi) is 4.06. The Morgan fingerprint density at radius 1 is 1.23 bits per heavy atom. The third-order valence-electron chi connectivity index (χ3n) is 3.32. The van der Waals surface area contributed by atoms with Crippen molar-refractivity contribution in [3.05, 3.63) is 36.5 Å². The molecule has 22 heavy (non-hydrogen) atoms. The Morgan fingerprint density at radius 2 is 2.05 bits per heavy atom. The van der Waals surface area contributed by atoms with E-state index in [1.54, 1.807) is 24.4 Å². The molecule has 0 amide bonds. The second-order valence-corrected chi connectivity index (χ2v) is 10.3. The van der Waals surface area contributed by atoms with Gasteiger partial charge in [-0.1, -0.05) is 6.07 Å². The van der Waals surface area contributed by atoms with Crippen molar-refractivity contribution in [3.63, 3.8) is 0 Å². The van der Waals surface area contributed by atoms with Crippen molar-refractivity contribution in [1.82, 2.24) is 9.71 Å². The van der Waals surface area contributed by atoms with Gasteiger partial charge >= 0.3 is 0 Å². The summed E-state index contributed by atoms with van der Waals surface area (Å²) in [5.41, 5.74) is 0.706. The van der Waals surface area contributed by atoms with Crippen molar-refractivity contribution in [2.24, 2.45) is 0 Å². The number of nitrogens with zero attached hydrogens (tertiary/aromatic N) is 1. The summed E-state index contributed by atoms with van der Waals surface area (Å²) in [5.74, 6) is -0.103. The highest BCUT2D eigenvalue weighted by Crippen LogP contribution is 2.29. The van der Waals surface area contributed by atoms with Gasteiger partial charge in [0.05, 0.1) is 22.1 Å². The lowest BCUT2D eigenvalue weighted by atomic mass is 10.3. The molecule has 3 rings (SSSR count). The van der Waals surface area contributed by atoms with Crippen molar-refractivity contribution in [2.75, 3.05) is 11.5 Å². The summed E-state index contributed by atoms with van der Waals surface area (Å²) in [7, 11) is -6.83. The minimum Gasteiger partial charge on any atom is -0.255 e. The predicted molar refractivity (Wildman–Crippen MR) is 84.9 cm³/mol. The first kappa shape index (κ1) is 15.6. The maximum absolute atomic E-state index is 12.3. The molecule has 118 valence electrons. The molecule has 1 N–H and O–H groups in total. The fourth-order valence-electron chi connectivity index (χ4n) is 2.28. The summed E-state index contributed by atoms with van der Waals surface area (Å²) < 4.78 is 50.1. The SMILES string of the molecule is O=S1(=O)CC[C@@H](NS(=O)(=O)c2ccc(-c3ccccn3)s2)C1. The Hall–Kier alpha value is -1.29. The molecule has 3 heterocycles. The van der Waals surface area contributed by atoms with Crippen LogP contribution in [0.15, 0.2) is 40.7 Å². The van der Waals surface area contributed by atoms with Crippen molar-refractivity contribution in [1.29, 1.82) is 0 Å². The minimum absolute atomic E-state index is 0.0316. The van der Waals surface area contributed by atoms with Gasteiger partial charge in [-0.25, -0.2) is 21.6 Å². The van der Waals surface area contributed by atoms with Gasteiger partial charge in [-0.15, -0.1) is 11.3 Å². The molecule has 0 aromatic carbocycles. The van der Waals surface area contributed by atoms with Gasteiger partial charge in [0.25, 0.3) is 0 Å². The second kappa shape index (κ2) is 5.73. The first-order chi connectivity index (χ1) is 10.4. The zero-order valence-electron chi connectivity index (χ0n) is 11.5. The summed E-state index contributed by atoms with van der Waals surface area (Å²) in [6.07, 6.45) is 1.96. The predicted octanol–water partition coefficient (Wildman–Crippen LogP) is 1.28. The summed E-state index contributed by atoms with van der Waals surface area (Å²) in [6.45, 7) is 0. The molecule has 0 aliphatic carbocycles. The molecule has 2 aromatic heterocycles. The van der Waals surface area contributed by atoms with Crippen molar-refractivity contribution in [3.8, 4) is 10.6 Å². The molecule has 0 bridgehead atoms. The normalized spacial score (nSPS) is 21.0. The molecule has 0 radical (unpaired) electrons. The van der Waals surface area contributed by atoms with E-state index in [-0.39, 0.29) is 15.7 Å². The van der Waals surface area contributed by atoms with Gasteiger partial charge in [0, 0.05) is 12.2 Å². The highest BCUT2D eigenvalue weighted by molar-refractivity contribution is 7.92. The summed E-state index contributed by atoms with van der Waals surface area (Å²) in [6, 6.07) is 8.09. The zero-order valence-corrected chi connectivity index (χ0v) is 13.9. The highest BCUT2D eigenvalue weighted by atomic mass is 32.2. The van der Waals surface area contributed by atoms with Crippen LogP contribution in [0.5, 0.6) is 0 Å². The Balaban J connectivity index is 1.80. The van der Waals surface area contributed by atoms with Crippen molar-refractivity contribution in [2.45, 2.75) is 16.7 Å². The van der Waals surface area contributed by atoms with Crippen LogP contribution in [0.1, 0.15) is 6.42 Å². The largest absolute Gasteiger partial charge is 0.255 e. The quantitative estimate of drug-likeness (QED) is 0.888. The van der Waals surface area contributed by atoms with E-state index >= 15 is 0 Å². The molecule has 1 fully saturated rings. The topological polar surface area (TPSA) is 93.2 Å². The number of nitrogens with one attached hydrogen (secondary N) is 1. The smallest absolute Gasteiger partial charge is 0.250 e. The van der Waals surface area contributed by atoms with Crippen molar-refractivity contribution < 1.29 is 16.8 Å². The first-order valence-electron chi connectivity index (χ1n) is 6.60. The van der Waals surface area contributed by atoms with E-state index in [9.17, 15) is 16.8 Å². The van der Waals surface area contributed by atoms with Gasteiger partial charge in [0.2, 0.25) is 10.0 Å². The number of aromatic nitrogens is 1. The van der Waals surface area contributed by atoms with Crippen LogP contribution in [0.25, 0.3) is 10.6 Å². The van der Waals surface area contributed by atoms with Gasteiger partial charge in [-0.05, 0) is 30.7 Å². The number of hydrogen-bond acceptors (Lipinski definition) is 6. The van der Waals surface area contributed by atoms with Crippen LogP contribution in [-0.2, 0) is 19.9 Å². The Labute approximate surface area is 133 Å². The van der Waals surface area contributed by atoms with Crippen LogP contribution in [0.3, 0.4) is 0 Å². The van der Waals surface area contributed by atoms with Gasteiger partial charge in [-0.3, -0.25) is 4.98 Å². The van der Waals surface area contributed by atoms with E-state index in [0.717, 1.165) is 16.2 Å². The molecule has 1 saturated heterocycles. The molecule has 6 nitrogen and oxygen atoms in total. The van der Waals surface area contributed by atoms with Crippen LogP contribution in [0.4, 0.5) is 0 Å². The lowest BCUT2D eigenvalue weighted by Gasteiger charge is -2.09. The lowest BCUT2D eigenvalue weighted by Crippen LogP contribution is -2.35. The van der Waals surface area contributed by atoms with E-state index in [4.69, 9.17) is 0 Å². The first-order valence-corrected chi connectivity index (χ1v) is 10.7. The number of thiophene rings is 1. The van der Waals surface area contributed by atoms with E-state index < -0.39 is 25.9 Å². The maximum atomic E-state index is 12.3. The average molecular weight is 358 g/mol. The van der Waals surface area contributed by atoms with Gasteiger partial charge in [-0.2, -0.15) is 0 Å². The number of sulfonamides is 1. The Bertz CT molecular complexity index is 873. The number of sulfone groups is 1. The Morgan fingerprint density at radius 3 is 2.68 bits per heavy atom. The third-order valence-corrected chi connectivity index (χ3v) is 8.21. The molecular weight excluding hydrogens is 344 g/mol. The van der Waals surface area contributed by atoms with Crippen LogP contribution in [0, 0.1) is 0 Å². The highest BCUT2D eigenvalue weighted by Gasteiger charge is 2.32. The van der Waals surface area contributed by atoms with Crippen LogP contribution in [-0.4, -0.2) is 39.4 Å². The average Bonchev–Trinajstić information content (AvgIpc) is 3.07. The summed E-state index contributed by atoms with van der Waals surface area (Å²) in [5, 5.41) is 0. The summed E-state index contributed by atoms with van der Waals surface area (Å²) >= 11 is 1.11. The standard InChI is InChI=1S/C13H14N2O4S3/c16-21(17)8-6-10(9-21)15-22(18,19)13-5-4-12(20-13)11-3-1-2-7-14-11/h1-5,7,10,15H,6,8-9H2/t10-/m1/s1. The fraction of sp³-hybridized carbons (Fsp3) is 0.308. The van der Waals surface area contributed by atoms with Crippen LogP contribution < -0.4 is 4.72 Å². The fourth-order valence-corrected chi connectivity index (χ4v) is 6.63. The summed E-state index contributed by atoms with van der Waals surface area (Å²) in [4.78, 5) is 4.93. The third kappa shape index (κ3) is 3.37. The van der Waals surface area contributed by atoms with Gasteiger partial charge in [0.1, 0.15) is 4.21 Å². The minimum atomic E-state index is -3.70. The van der Waals surface area contributed by atoms with Gasteiger partial charge < -0.3 is 0 Å². The zero-order chi connectivity index (χ0) is 15.8. The van der Waals surface area contributed by atoms with Crippen molar-refractivity contribution >= 4 is 31.2 Å². The molecule has 0 spiro atoms. The second-order valence-electron chi connectivity index (χ2n) is 5.05. The maximum Gasteiger partial charge on any atom is 0.250 e. The van der Waals surface area contributed by atoms with E-state index in [1.807, 2.05) is 6.07 Å². The molecular formula is C13H14N2O4S3. The molecule has 0 saturated carbocycles. The van der Waals surface area contributed by atoms with E-state index in [2.05, 4.69) is 9.71 Å². The molecule has 0 unspecified atom stereocenters. The van der Waals surface area contributed by atoms with E-state index in [1.165, 1.54) is 6.07 Å². The van der Waals surface area contributed by atoms with Gasteiger partial charge in [0.15, 0.2) is 9.84 Å². The van der Waals surface area contributed by atoms with Crippen LogP contribution >= 0.6 is 11.3 Å². The monoisotopic (exact) mass is 358 g/mol. The molecule has 1 aliphatic heterocycles. The van der Waals surface area contributed by atoms with E-state index in [0.29, 0.717) is 12.1 Å². The molecule has 2 aromatic rings. The number of rotatable bonds is 4. The molecule has 1 atom stereocenters. The molecule has 1 aliphatic rings. The number of hydrogen-bond donors (Lipinski definition) is 1. The number of pyridine rings is 1. The van der Waals surface area contributed by atoms with Crippen LogP contribution in [0.2, 0.25) is 0 Å². The molecule has 9 heteroatoms.